The summed E-state index contributed by atoms with van der Waals surface area (Å²) < 4.78 is 0. The molecule has 5 nitrogen and oxygen atoms in total. The number of anilines is 1. The molecule has 7 heteroatoms. The van der Waals surface area contributed by atoms with E-state index in [1.54, 1.807) is 16.2 Å². The number of benzene rings is 1. The summed E-state index contributed by atoms with van der Waals surface area (Å²) in [6.07, 6.45) is -0.0000115. The van der Waals surface area contributed by atoms with Gasteiger partial charge in [0.1, 0.15) is 11.0 Å². The lowest BCUT2D eigenvalue weighted by Crippen LogP contribution is -3.12. The number of halogens is 1. The molecule has 160 valence electrons. The zero-order valence-corrected chi connectivity index (χ0v) is 19.6. The Hall–Kier alpha value is -1.99. The van der Waals surface area contributed by atoms with Gasteiger partial charge in [-0.2, -0.15) is 0 Å². The fraction of sp³-hybridized carbons (Fsp3) is 0.391. The molecule has 1 aliphatic rings. The third kappa shape index (κ3) is 4.52. The molecular weight excluding hydrogens is 414 g/mol. The SMILES string of the molecule is CC[NH+](CC)CCNC1N=C(C)Nc2c1sc1nc(-c3ccccc3)cc(C)c21.[Cl-]. The Morgan fingerprint density at radius 3 is 2.57 bits per heavy atom. The summed E-state index contributed by atoms with van der Waals surface area (Å²) in [5.74, 6) is 0.955. The highest BCUT2D eigenvalue weighted by Gasteiger charge is 2.26. The van der Waals surface area contributed by atoms with Crippen molar-refractivity contribution in [1.82, 2.24) is 10.3 Å². The summed E-state index contributed by atoms with van der Waals surface area (Å²) in [7, 11) is 0. The van der Waals surface area contributed by atoms with Crippen LogP contribution in [0.2, 0.25) is 0 Å². The molecule has 1 atom stereocenters. The van der Waals surface area contributed by atoms with E-state index in [0.29, 0.717) is 0 Å². The lowest BCUT2D eigenvalue weighted by Gasteiger charge is -2.23. The van der Waals surface area contributed by atoms with Crippen LogP contribution >= 0.6 is 11.3 Å². The first kappa shape index (κ1) is 22.7. The zero-order chi connectivity index (χ0) is 20.4. The van der Waals surface area contributed by atoms with Crippen LogP contribution in [0.3, 0.4) is 0 Å². The summed E-state index contributed by atoms with van der Waals surface area (Å²) in [6.45, 7) is 13.1. The average Bonchev–Trinajstić information content (AvgIpc) is 3.10. The number of likely N-dealkylation sites (N-methyl/N-ethyl adjacent to an activating group) is 1. The second kappa shape index (κ2) is 9.88. The molecule has 0 aliphatic carbocycles. The number of aryl methyl sites for hydroxylation is 1. The topological polar surface area (TPSA) is 53.8 Å². The number of hydrogen-bond donors (Lipinski definition) is 3. The quantitative estimate of drug-likeness (QED) is 0.502. The number of fused-ring (bicyclic) bond motifs is 3. The Kier molecular flexibility index (Phi) is 7.47. The molecule has 1 aliphatic heterocycles. The van der Waals surface area contributed by atoms with Gasteiger partial charge in [-0.15, -0.1) is 11.3 Å². The number of rotatable bonds is 7. The maximum Gasteiger partial charge on any atom is 0.139 e. The van der Waals surface area contributed by atoms with Crippen LogP contribution in [0, 0.1) is 6.92 Å². The van der Waals surface area contributed by atoms with E-state index in [-0.39, 0.29) is 18.6 Å². The molecule has 0 bridgehead atoms. The van der Waals surface area contributed by atoms with Crippen molar-refractivity contribution in [3.05, 3.63) is 46.8 Å². The van der Waals surface area contributed by atoms with Crippen LogP contribution in [-0.4, -0.2) is 37.0 Å². The molecule has 3 N–H and O–H groups in total. The third-order valence-corrected chi connectivity index (χ3v) is 6.79. The maximum atomic E-state index is 5.00. The van der Waals surface area contributed by atoms with Crippen LogP contribution < -0.4 is 27.9 Å². The number of nitrogens with one attached hydrogen (secondary N) is 3. The molecular formula is C23H30ClN5S. The summed E-state index contributed by atoms with van der Waals surface area (Å²) in [5, 5.41) is 8.40. The van der Waals surface area contributed by atoms with Crippen molar-refractivity contribution < 1.29 is 17.3 Å². The van der Waals surface area contributed by atoms with Crippen LogP contribution in [0.4, 0.5) is 5.69 Å². The number of pyridine rings is 1. The van der Waals surface area contributed by atoms with Crippen LogP contribution in [0.1, 0.15) is 37.4 Å². The van der Waals surface area contributed by atoms with E-state index < -0.39 is 0 Å². The van der Waals surface area contributed by atoms with E-state index in [0.717, 1.165) is 48.1 Å². The summed E-state index contributed by atoms with van der Waals surface area (Å²) in [5.41, 5.74) is 4.61. The Labute approximate surface area is 189 Å². The minimum Gasteiger partial charge on any atom is -1.00 e. The largest absolute Gasteiger partial charge is 1.00 e. The van der Waals surface area contributed by atoms with Crippen LogP contribution in [-0.2, 0) is 0 Å². The predicted molar refractivity (Wildman–Crippen MR) is 124 cm³/mol. The Balaban J connectivity index is 0.00000256. The second-order valence-corrected chi connectivity index (χ2v) is 8.65. The van der Waals surface area contributed by atoms with Crippen molar-refractivity contribution >= 4 is 33.1 Å². The van der Waals surface area contributed by atoms with Gasteiger partial charge < -0.3 is 22.6 Å². The lowest BCUT2D eigenvalue weighted by atomic mass is 10.1. The fourth-order valence-electron chi connectivity index (χ4n) is 3.97. The molecule has 30 heavy (non-hydrogen) atoms. The molecule has 1 unspecified atom stereocenters. The Morgan fingerprint density at radius 2 is 1.87 bits per heavy atom. The van der Waals surface area contributed by atoms with Crippen LogP contribution in [0.5, 0.6) is 0 Å². The van der Waals surface area contributed by atoms with Gasteiger partial charge in [0.15, 0.2) is 0 Å². The van der Waals surface area contributed by atoms with Gasteiger partial charge in [-0.1, -0.05) is 30.3 Å². The summed E-state index contributed by atoms with van der Waals surface area (Å²) >= 11 is 1.75. The molecule has 0 spiro atoms. The van der Waals surface area contributed by atoms with Crippen LogP contribution in [0.25, 0.3) is 21.5 Å². The van der Waals surface area contributed by atoms with Gasteiger partial charge in [0.05, 0.1) is 41.7 Å². The van der Waals surface area contributed by atoms with Gasteiger partial charge in [-0.05, 0) is 39.3 Å². The van der Waals surface area contributed by atoms with Crippen molar-refractivity contribution in [2.24, 2.45) is 4.99 Å². The second-order valence-electron chi connectivity index (χ2n) is 7.62. The maximum absolute atomic E-state index is 5.00. The molecule has 4 rings (SSSR count). The number of nitrogens with zero attached hydrogens (tertiary/aromatic N) is 2. The summed E-state index contributed by atoms with van der Waals surface area (Å²) in [6, 6.07) is 12.6. The zero-order valence-electron chi connectivity index (χ0n) is 18.1. The van der Waals surface area contributed by atoms with Gasteiger partial charge in [-0.25, -0.2) is 9.98 Å². The number of aromatic nitrogens is 1. The highest BCUT2D eigenvalue weighted by Crippen LogP contribution is 2.43. The minimum atomic E-state index is -0.0000115. The predicted octanol–water partition coefficient (Wildman–Crippen LogP) is 0.633. The van der Waals surface area contributed by atoms with Crippen molar-refractivity contribution in [3.8, 4) is 11.3 Å². The summed E-state index contributed by atoms with van der Waals surface area (Å²) in [4.78, 5) is 13.8. The number of thiophene rings is 1. The van der Waals surface area contributed by atoms with Crippen molar-refractivity contribution in [2.75, 3.05) is 31.5 Å². The molecule has 2 aromatic heterocycles. The van der Waals surface area contributed by atoms with E-state index in [1.807, 2.05) is 13.0 Å². The van der Waals surface area contributed by atoms with Crippen molar-refractivity contribution in [2.45, 2.75) is 33.9 Å². The molecule has 0 fully saturated rings. The number of amidine groups is 1. The molecule has 0 radical (unpaired) electrons. The van der Waals surface area contributed by atoms with Gasteiger partial charge in [0.2, 0.25) is 0 Å². The number of quaternary nitrogens is 1. The first-order valence-electron chi connectivity index (χ1n) is 10.5. The third-order valence-electron chi connectivity index (χ3n) is 5.65. The number of aliphatic imine (C=N–C) groups is 1. The van der Waals surface area contributed by atoms with E-state index >= 15 is 0 Å². The van der Waals surface area contributed by atoms with Gasteiger partial charge >= 0.3 is 0 Å². The van der Waals surface area contributed by atoms with E-state index in [4.69, 9.17) is 9.98 Å². The van der Waals surface area contributed by atoms with E-state index in [9.17, 15) is 0 Å². The first-order valence-corrected chi connectivity index (χ1v) is 11.3. The highest BCUT2D eigenvalue weighted by atomic mass is 35.5. The number of hydrogen-bond acceptors (Lipinski definition) is 5. The Bertz CT molecular complexity index is 1030. The van der Waals surface area contributed by atoms with Crippen molar-refractivity contribution in [3.63, 3.8) is 0 Å². The first-order chi connectivity index (χ1) is 14.1. The molecule has 3 aromatic rings. The lowest BCUT2D eigenvalue weighted by molar-refractivity contribution is -0.895. The normalized spacial score (nSPS) is 15.5. The van der Waals surface area contributed by atoms with Crippen LogP contribution in [0.15, 0.2) is 41.4 Å². The highest BCUT2D eigenvalue weighted by molar-refractivity contribution is 7.19. The molecule has 1 aromatic carbocycles. The fourth-order valence-corrected chi connectivity index (χ4v) is 5.19. The van der Waals surface area contributed by atoms with E-state index in [2.05, 4.69) is 61.7 Å². The molecule has 0 amide bonds. The van der Waals surface area contributed by atoms with E-state index in [1.165, 1.54) is 21.5 Å². The Morgan fingerprint density at radius 1 is 1.13 bits per heavy atom. The molecule has 0 saturated heterocycles. The average molecular weight is 444 g/mol. The standard InChI is InChI=1S/C23H29N5S.ClH/c1-5-28(6-2)13-12-24-22-21-20(25-16(4)26-22)19-15(3)14-18(27-23(19)29-21)17-10-8-7-9-11-17;/h7-11,14,22,24H,5-6,12-13H2,1-4H3,(H,25,26);1H. The monoisotopic (exact) mass is 443 g/mol. The molecule has 3 heterocycles. The van der Waals surface area contributed by atoms with Gasteiger partial charge in [-0.3, -0.25) is 5.32 Å². The van der Waals surface area contributed by atoms with Gasteiger partial charge in [0, 0.05) is 17.5 Å². The van der Waals surface area contributed by atoms with Crippen molar-refractivity contribution in [1.29, 1.82) is 0 Å². The molecule has 0 saturated carbocycles. The smallest absolute Gasteiger partial charge is 0.139 e. The van der Waals surface area contributed by atoms with Gasteiger partial charge in [0.25, 0.3) is 0 Å². The minimum absolute atomic E-state index is 0.